The standard InChI is InChI=1S/C36H32O2Si2/c1-39(2,26-16-7-5-8-17-26)30-23-25-15-13-21-29-32(25)34(35(30)37)33-28-20-12-11-14-24(28)22-31(36(33)38-29)40(3,4)27-18-9-6-10-19-27/h5-23,37H,1-4H3. The molecule has 0 saturated heterocycles. The summed E-state index contributed by atoms with van der Waals surface area (Å²) < 4.78 is 6.90. The smallest absolute Gasteiger partial charge is 0.136 e. The minimum absolute atomic E-state index is 0.395. The third-order valence-electron chi connectivity index (χ3n) is 8.90. The van der Waals surface area contributed by atoms with E-state index < -0.39 is 16.1 Å². The Bertz CT molecular complexity index is 1930. The Hall–Kier alpha value is -4.13. The Labute approximate surface area is 237 Å². The van der Waals surface area contributed by atoms with Crippen molar-refractivity contribution in [3.63, 3.8) is 0 Å². The Morgan fingerprint density at radius 1 is 0.550 bits per heavy atom. The van der Waals surface area contributed by atoms with Crippen molar-refractivity contribution in [3.8, 4) is 28.4 Å². The molecule has 0 bridgehead atoms. The molecule has 0 spiro atoms. The lowest BCUT2D eigenvalue weighted by Crippen LogP contribution is -2.53. The third kappa shape index (κ3) is 3.60. The first kappa shape index (κ1) is 24.9. The molecule has 1 N–H and O–H groups in total. The first-order valence-electron chi connectivity index (χ1n) is 13.9. The van der Waals surface area contributed by atoms with E-state index in [1.807, 2.05) is 6.07 Å². The molecule has 0 aliphatic carbocycles. The molecule has 2 nitrogen and oxygen atoms in total. The van der Waals surface area contributed by atoms with Gasteiger partial charge in [-0.15, -0.1) is 0 Å². The van der Waals surface area contributed by atoms with Crippen LogP contribution in [0, 0.1) is 0 Å². The van der Waals surface area contributed by atoms with Gasteiger partial charge in [-0.25, -0.2) is 0 Å². The van der Waals surface area contributed by atoms with Crippen LogP contribution in [0.4, 0.5) is 0 Å². The van der Waals surface area contributed by atoms with E-state index in [1.54, 1.807) is 0 Å². The Morgan fingerprint density at radius 3 is 1.77 bits per heavy atom. The van der Waals surface area contributed by atoms with Gasteiger partial charge in [0.2, 0.25) is 0 Å². The van der Waals surface area contributed by atoms with Crippen LogP contribution < -0.4 is 25.5 Å². The summed E-state index contributed by atoms with van der Waals surface area (Å²) in [6, 6.07) is 40.9. The predicted molar refractivity (Wildman–Crippen MR) is 175 cm³/mol. The van der Waals surface area contributed by atoms with E-state index in [0.717, 1.165) is 44.0 Å². The van der Waals surface area contributed by atoms with Crippen LogP contribution in [0.2, 0.25) is 26.2 Å². The highest BCUT2D eigenvalue weighted by Gasteiger charge is 2.38. The number of phenolic OH excluding ortho intramolecular Hbond substituents is 1. The molecule has 0 amide bonds. The average Bonchev–Trinajstić information content (AvgIpc) is 2.98. The Balaban J connectivity index is 1.61. The van der Waals surface area contributed by atoms with Gasteiger partial charge in [-0.1, -0.05) is 146 Å². The number of phenols is 1. The minimum atomic E-state index is -2.23. The zero-order valence-electron chi connectivity index (χ0n) is 23.3. The van der Waals surface area contributed by atoms with E-state index in [4.69, 9.17) is 4.74 Å². The van der Waals surface area contributed by atoms with E-state index in [2.05, 4.69) is 135 Å². The van der Waals surface area contributed by atoms with Crippen molar-refractivity contribution in [2.45, 2.75) is 26.2 Å². The first-order chi connectivity index (χ1) is 19.3. The number of aromatic hydroxyl groups is 1. The highest BCUT2D eigenvalue weighted by atomic mass is 28.3. The zero-order valence-corrected chi connectivity index (χ0v) is 25.3. The van der Waals surface area contributed by atoms with Crippen molar-refractivity contribution in [1.29, 1.82) is 0 Å². The summed E-state index contributed by atoms with van der Waals surface area (Å²) in [4.78, 5) is 0. The largest absolute Gasteiger partial charge is 0.507 e. The molecule has 1 aliphatic rings. The van der Waals surface area contributed by atoms with Crippen molar-refractivity contribution in [2.75, 3.05) is 0 Å². The van der Waals surface area contributed by atoms with Crippen LogP contribution >= 0.6 is 0 Å². The Kier molecular flexibility index (Phi) is 5.57. The van der Waals surface area contributed by atoms with Crippen molar-refractivity contribution in [2.24, 2.45) is 0 Å². The van der Waals surface area contributed by atoms with Crippen LogP contribution in [0.5, 0.6) is 17.2 Å². The molecule has 0 unspecified atom stereocenters. The van der Waals surface area contributed by atoms with Gasteiger partial charge in [0.05, 0.1) is 0 Å². The maximum atomic E-state index is 12.3. The topological polar surface area (TPSA) is 29.5 Å². The van der Waals surface area contributed by atoms with Crippen LogP contribution in [0.25, 0.3) is 32.7 Å². The van der Waals surface area contributed by atoms with Gasteiger partial charge >= 0.3 is 0 Å². The van der Waals surface area contributed by atoms with Gasteiger partial charge in [-0.3, -0.25) is 0 Å². The van der Waals surface area contributed by atoms with Crippen LogP contribution in [-0.2, 0) is 0 Å². The average molecular weight is 553 g/mol. The number of fused-ring (bicyclic) bond motifs is 4. The van der Waals surface area contributed by atoms with Crippen molar-refractivity contribution >= 4 is 58.4 Å². The number of rotatable bonds is 4. The van der Waals surface area contributed by atoms with Gasteiger partial charge in [-0.05, 0) is 32.6 Å². The summed E-state index contributed by atoms with van der Waals surface area (Å²) in [5.41, 5.74) is 1.93. The van der Waals surface area contributed by atoms with Crippen LogP contribution in [0.1, 0.15) is 0 Å². The molecule has 6 aromatic carbocycles. The molecular formula is C36H32O2Si2. The normalized spacial score (nSPS) is 12.8. The van der Waals surface area contributed by atoms with E-state index in [9.17, 15) is 5.11 Å². The van der Waals surface area contributed by atoms with Crippen LogP contribution in [0.15, 0.2) is 115 Å². The van der Waals surface area contributed by atoms with E-state index in [1.165, 1.54) is 20.9 Å². The van der Waals surface area contributed by atoms with Crippen molar-refractivity contribution in [3.05, 3.63) is 115 Å². The second-order valence-corrected chi connectivity index (χ2v) is 20.7. The first-order valence-corrected chi connectivity index (χ1v) is 19.9. The van der Waals surface area contributed by atoms with E-state index in [-0.39, 0.29) is 0 Å². The second kappa shape index (κ2) is 8.95. The predicted octanol–water partition coefficient (Wildman–Crippen LogP) is 7.12. The van der Waals surface area contributed by atoms with E-state index in [0.29, 0.717) is 5.75 Å². The van der Waals surface area contributed by atoms with Gasteiger partial charge < -0.3 is 9.84 Å². The molecule has 6 aromatic rings. The number of hydrogen-bond acceptors (Lipinski definition) is 2. The number of hydrogen-bond donors (Lipinski definition) is 1. The van der Waals surface area contributed by atoms with Gasteiger partial charge in [0.15, 0.2) is 0 Å². The maximum absolute atomic E-state index is 12.3. The molecule has 0 radical (unpaired) electrons. The molecule has 0 aromatic heterocycles. The van der Waals surface area contributed by atoms with Gasteiger partial charge in [0.25, 0.3) is 0 Å². The molecule has 4 heteroatoms. The van der Waals surface area contributed by atoms with Crippen LogP contribution in [-0.4, -0.2) is 21.3 Å². The lowest BCUT2D eigenvalue weighted by atomic mass is 9.90. The lowest BCUT2D eigenvalue weighted by Gasteiger charge is -2.33. The zero-order chi connectivity index (χ0) is 27.6. The molecule has 7 rings (SSSR count). The quantitative estimate of drug-likeness (QED) is 0.236. The Morgan fingerprint density at radius 2 is 1.10 bits per heavy atom. The molecule has 1 aliphatic heterocycles. The molecule has 0 fully saturated rings. The fourth-order valence-corrected chi connectivity index (χ4v) is 11.7. The summed E-state index contributed by atoms with van der Waals surface area (Å²) >= 11 is 0. The molecule has 196 valence electrons. The lowest BCUT2D eigenvalue weighted by molar-refractivity contribution is 0.473. The highest BCUT2D eigenvalue weighted by Crippen LogP contribution is 2.52. The number of benzene rings is 6. The summed E-state index contributed by atoms with van der Waals surface area (Å²) in [6.45, 7) is 9.46. The van der Waals surface area contributed by atoms with Crippen molar-refractivity contribution in [1.82, 2.24) is 0 Å². The van der Waals surface area contributed by atoms with Gasteiger partial charge in [0, 0.05) is 16.5 Å². The third-order valence-corrected chi connectivity index (χ3v) is 15.9. The summed E-state index contributed by atoms with van der Waals surface area (Å²) in [5.74, 6) is 2.10. The fraction of sp³-hybridized carbons (Fsp3) is 0.111. The van der Waals surface area contributed by atoms with E-state index >= 15 is 0 Å². The number of ether oxygens (including phenoxy) is 1. The molecule has 1 heterocycles. The fourth-order valence-electron chi connectivity index (χ4n) is 6.50. The van der Waals surface area contributed by atoms with Crippen LogP contribution in [0.3, 0.4) is 0 Å². The monoisotopic (exact) mass is 552 g/mol. The van der Waals surface area contributed by atoms with Crippen molar-refractivity contribution < 1.29 is 9.84 Å². The highest BCUT2D eigenvalue weighted by molar-refractivity contribution is 7.01. The second-order valence-electron chi connectivity index (χ2n) is 11.9. The molecular weight excluding hydrogens is 521 g/mol. The maximum Gasteiger partial charge on any atom is 0.136 e. The van der Waals surface area contributed by atoms with Gasteiger partial charge in [0.1, 0.15) is 33.4 Å². The SMILES string of the molecule is C[Si](C)(c1ccccc1)c1cc2cccc3c2c(c1O)-c1c(c([Si](C)(C)c2ccccc2)cc2ccccc12)O3. The minimum Gasteiger partial charge on any atom is -0.507 e. The summed E-state index contributed by atoms with van der Waals surface area (Å²) in [5, 5.41) is 21.7. The molecule has 0 atom stereocenters. The molecule has 40 heavy (non-hydrogen) atoms. The summed E-state index contributed by atoms with van der Waals surface area (Å²) in [6.07, 6.45) is 0. The summed E-state index contributed by atoms with van der Waals surface area (Å²) in [7, 11) is -4.41. The van der Waals surface area contributed by atoms with Gasteiger partial charge in [-0.2, -0.15) is 0 Å². The molecule has 0 saturated carbocycles.